The molecule has 5 rings (SSSR count). The number of imidazole rings is 2. The summed E-state index contributed by atoms with van der Waals surface area (Å²) in [4.78, 5) is 145. The van der Waals surface area contributed by atoms with Crippen molar-refractivity contribution in [2.75, 3.05) is 6.54 Å². The molecule has 7 amide bonds. The van der Waals surface area contributed by atoms with Crippen LogP contribution in [0.5, 0.6) is 17.2 Å². The maximum Gasteiger partial charge on any atom is 0.326 e. The third-order valence-corrected chi connectivity index (χ3v) is 11.4. The van der Waals surface area contributed by atoms with Gasteiger partial charge in [0, 0.05) is 55.9 Å². The van der Waals surface area contributed by atoms with E-state index in [4.69, 9.17) is 10.8 Å². The van der Waals surface area contributed by atoms with E-state index in [1.807, 2.05) is 0 Å². The molecule has 0 bridgehead atoms. The molecular formula is C49H56N12O16. The highest BCUT2D eigenvalue weighted by molar-refractivity contribution is 5.98. The van der Waals surface area contributed by atoms with E-state index in [1.54, 1.807) is 0 Å². The molecular weight excluding hydrogens is 1010 g/mol. The number of carboxylic acid groups (broad SMARTS) is 3. The fraction of sp³-hybridized carbons (Fsp3) is 0.306. The number of carboxylic acids is 3. The first kappa shape index (κ1) is 58.0. The number of aliphatic carboxylic acids is 3. The lowest BCUT2D eigenvalue weighted by Gasteiger charge is -2.27. The molecule has 0 fully saturated rings. The van der Waals surface area contributed by atoms with Crippen molar-refractivity contribution >= 4 is 59.3 Å². The van der Waals surface area contributed by atoms with Crippen LogP contribution in [-0.4, -0.2) is 159 Å². The number of benzene rings is 3. The summed E-state index contributed by atoms with van der Waals surface area (Å²) in [6.07, 6.45) is 1.97. The van der Waals surface area contributed by atoms with E-state index < -0.39 is 121 Å². The Morgan fingerprint density at radius 1 is 0.442 bits per heavy atom. The number of aromatic nitrogens is 4. The van der Waals surface area contributed by atoms with Crippen molar-refractivity contribution in [1.82, 2.24) is 57.2 Å². The van der Waals surface area contributed by atoms with E-state index in [0.717, 1.165) is 0 Å². The van der Waals surface area contributed by atoms with Crippen LogP contribution in [0, 0.1) is 0 Å². The fourth-order valence-corrected chi connectivity index (χ4v) is 7.44. The van der Waals surface area contributed by atoms with Crippen LogP contribution in [0.4, 0.5) is 0 Å². The summed E-state index contributed by atoms with van der Waals surface area (Å²) in [6.45, 7) is -0.867. The van der Waals surface area contributed by atoms with Gasteiger partial charge in [0.1, 0.15) is 53.5 Å². The summed E-state index contributed by atoms with van der Waals surface area (Å²) in [5.74, 6) is -12.2. The van der Waals surface area contributed by atoms with Gasteiger partial charge in [0.15, 0.2) is 0 Å². The highest BCUT2D eigenvalue weighted by Crippen LogP contribution is 2.16. The van der Waals surface area contributed by atoms with E-state index >= 15 is 0 Å². The number of aromatic amines is 2. The van der Waals surface area contributed by atoms with Crippen molar-refractivity contribution in [3.05, 3.63) is 126 Å². The molecule has 0 aliphatic rings. The van der Waals surface area contributed by atoms with Gasteiger partial charge in [-0.3, -0.25) is 43.2 Å². The maximum absolute atomic E-state index is 14.6. The van der Waals surface area contributed by atoms with Gasteiger partial charge in [-0.2, -0.15) is 0 Å². The number of phenols is 3. The molecule has 28 heteroatoms. The standard InChI is InChI=1S/C49H56N12O16/c50-33(18-41(66)67)43(70)53-22-40(65)56-38(19-42(68)69)48(75)58-35(14-26-3-9-31(63)10-4-26)45(72)59-36(16-28-20-51-23-54-28)46(73)57-34(13-25-1-7-30(62)8-2-25)44(71)60-37(17-29-21-52-24-55-29)47(74)61-39(49(76)77)15-27-5-11-32(64)12-6-27/h1-12,20-21,23-24,33-39,62-64H,13-19,22,50H2,(H,51,54)(H,52,55)(H,53,70)(H,56,65)(H,57,73)(H,58,75)(H,59,72)(H,60,71)(H,61,74)(H,66,67)(H,68,69)(H,76,77)/t33-,34-,35-,36-,37-,38-,39-/m0/s1. The number of nitrogens with zero attached hydrogens (tertiary/aromatic N) is 2. The van der Waals surface area contributed by atoms with E-state index in [1.165, 1.54) is 97.8 Å². The maximum atomic E-state index is 14.6. The van der Waals surface area contributed by atoms with E-state index in [2.05, 4.69) is 57.2 Å². The summed E-state index contributed by atoms with van der Waals surface area (Å²) in [5.41, 5.74) is 7.29. The van der Waals surface area contributed by atoms with Crippen molar-refractivity contribution in [2.45, 2.75) is 87.2 Å². The molecule has 0 aliphatic carbocycles. The smallest absolute Gasteiger partial charge is 0.326 e. The Hall–Kier alpha value is -9.86. The van der Waals surface area contributed by atoms with E-state index in [-0.39, 0.29) is 55.0 Å². The number of phenolic OH excluding ortho intramolecular Hbond substituents is 3. The van der Waals surface area contributed by atoms with Gasteiger partial charge in [0.2, 0.25) is 41.4 Å². The Bertz CT molecular complexity index is 2850. The van der Waals surface area contributed by atoms with Crippen molar-refractivity contribution < 1.29 is 78.6 Å². The second kappa shape index (κ2) is 28.0. The number of rotatable bonds is 29. The van der Waals surface area contributed by atoms with Gasteiger partial charge in [0.25, 0.3) is 0 Å². The minimum absolute atomic E-state index is 0.0744. The average Bonchev–Trinajstić information content (AvgIpc) is 4.11. The zero-order valence-electron chi connectivity index (χ0n) is 40.7. The molecule has 0 aliphatic heterocycles. The molecule has 2 heterocycles. The van der Waals surface area contributed by atoms with Gasteiger partial charge in [-0.05, 0) is 53.1 Å². The predicted molar refractivity (Wildman–Crippen MR) is 265 cm³/mol. The predicted octanol–water partition coefficient (Wildman–Crippen LogP) is -2.85. The molecule has 17 N–H and O–H groups in total. The van der Waals surface area contributed by atoms with Crippen LogP contribution in [0.15, 0.2) is 97.8 Å². The number of carbonyl (C=O) groups is 10. The summed E-state index contributed by atoms with van der Waals surface area (Å²) in [5, 5.41) is 75.1. The summed E-state index contributed by atoms with van der Waals surface area (Å²) in [6, 6.07) is 5.13. The fourth-order valence-electron chi connectivity index (χ4n) is 7.44. The number of aromatic hydroxyl groups is 3. The van der Waals surface area contributed by atoms with Crippen molar-refractivity contribution in [1.29, 1.82) is 0 Å². The van der Waals surface area contributed by atoms with Gasteiger partial charge >= 0.3 is 17.9 Å². The molecule has 2 aromatic heterocycles. The lowest BCUT2D eigenvalue weighted by Crippen LogP contribution is -2.61. The Labute approximate surface area is 436 Å². The molecule has 0 radical (unpaired) electrons. The molecule has 0 saturated carbocycles. The molecule has 3 aromatic carbocycles. The highest BCUT2D eigenvalue weighted by Gasteiger charge is 2.35. The zero-order chi connectivity index (χ0) is 56.2. The Morgan fingerprint density at radius 2 is 0.779 bits per heavy atom. The topological polar surface area (TPSA) is 460 Å². The average molecular weight is 1070 g/mol. The normalized spacial score (nSPS) is 13.6. The molecule has 7 atom stereocenters. The van der Waals surface area contributed by atoms with Crippen molar-refractivity contribution in [2.24, 2.45) is 5.73 Å². The second-order valence-electron chi connectivity index (χ2n) is 17.5. The van der Waals surface area contributed by atoms with Crippen LogP contribution in [-0.2, 0) is 80.0 Å². The molecule has 0 spiro atoms. The monoisotopic (exact) mass is 1070 g/mol. The first-order valence-electron chi connectivity index (χ1n) is 23.4. The number of amides is 7. The largest absolute Gasteiger partial charge is 0.508 e. The minimum atomic E-state index is -1.89. The SMILES string of the molecule is N[C@@H](CC(=O)O)C(=O)NCC(=O)N[C@@H](CC(=O)O)C(=O)N[C@@H](Cc1ccc(O)cc1)C(=O)N[C@@H](Cc1cnc[nH]1)C(=O)N[C@@H](Cc1ccc(O)cc1)C(=O)N[C@@H](Cc1cnc[nH]1)C(=O)N[C@@H](Cc1ccc(O)cc1)C(=O)O. The van der Waals surface area contributed by atoms with Crippen LogP contribution >= 0.6 is 0 Å². The summed E-state index contributed by atoms with van der Waals surface area (Å²) < 4.78 is 0. The third-order valence-electron chi connectivity index (χ3n) is 11.4. The molecule has 0 unspecified atom stereocenters. The van der Waals surface area contributed by atoms with E-state index in [9.17, 15) is 73.5 Å². The zero-order valence-corrected chi connectivity index (χ0v) is 40.7. The van der Waals surface area contributed by atoms with Gasteiger partial charge in [-0.25, -0.2) is 14.8 Å². The van der Waals surface area contributed by atoms with Gasteiger partial charge in [-0.15, -0.1) is 0 Å². The first-order valence-corrected chi connectivity index (χ1v) is 23.4. The number of carbonyl (C=O) groups excluding carboxylic acids is 7. The Morgan fingerprint density at radius 3 is 1.12 bits per heavy atom. The lowest BCUT2D eigenvalue weighted by molar-refractivity contribution is -0.142. The minimum Gasteiger partial charge on any atom is -0.508 e. The van der Waals surface area contributed by atoms with Gasteiger partial charge in [0.05, 0.1) is 38.1 Å². The number of hydrogen-bond donors (Lipinski definition) is 16. The Balaban J connectivity index is 1.42. The van der Waals surface area contributed by atoms with Crippen LogP contribution in [0.2, 0.25) is 0 Å². The van der Waals surface area contributed by atoms with Crippen LogP contribution in [0.25, 0.3) is 0 Å². The van der Waals surface area contributed by atoms with Gasteiger partial charge < -0.3 is 83.6 Å². The molecule has 408 valence electrons. The molecule has 77 heavy (non-hydrogen) atoms. The number of nitrogens with two attached hydrogens (primary N) is 1. The Kier molecular flexibility index (Phi) is 21.1. The molecule has 28 nitrogen and oxygen atoms in total. The summed E-state index contributed by atoms with van der Waals surface area (Å²) >= 11 is 0. The van der Waals surface area contributed by atoms with Crippen LogP contribution in [0.3, 0.4) is 0 Å². The van der Waals surface area contributed by atoms with E-state index in [0.29, 0.717) is 22.4 Å². The molecule has 0 saturated heterocycles. The second-order valence-corrected chi connectivity index (χ2v) is 17.5. The quantitative estimate of drug-likeness (QED) is 0.0229. The lowest BCUT2D eigenvalue weighted by atomic mass is 10.0. The van der Waals surface area contributed by atoms with Gasteiger partial charge in [-0.1, -0.05) is 36.4 Å². The van der Waals surface area contributed by atoms with Crippen molar-refractivity contribution in [3.63, 3.8) is 0 Å². The van der Waals surface area contributed by atoms with Crippen LogP contribution in [0.1, 0.15) is 40.9 Å². The third kappa shape index (κ3) is 19.2. The number of hydrogen-bond acceptors (Lipinski definition) is 16. The highest BCUT2D eigenvalue weighted by atomic mass is 16.4. The summed E-state index contributed by atoms with van der Waals surface area (Å²) in [7, 11) is 0. The number of H-pyrrole nitrogens is 2. The first-order chi connectivity index (χ1) is 36.6. The van der Waals surface area contributed by atoms with Crippen molar-refractivity contribution in [3.8, 4) is 17.2 Å². The van der Waals surface area contributed by atoms with Crippen LogP contribution < -0.4 is 43.0 Å². The number of nitrogens with one attached hydrogen (secondary N) is 9. The molecule has 5 aromatic rings.